The number of amides is 1. The van der Waals surface area contributed by atoms with Crippen LogP contribution in [0, 0.1) is 0 Å². The Morgan fingerprint density at radius 1 is 1.33 bits per heavy atom. The number of hydrogen-bond acceptors (Lipinski definition) is 3. The smallest absolute Gasteiger partial charge is 0.423 e. The number of nitrogens with one attached hydrogen (secondary N) is 1. The molecule has 15 heavy (non-hydrogen) atoms. The van der Waals surface area contributed by atoms with E-state index in [0.717, 1.165) is 6.42 Å². The molecule has 0 heterocycles. The minimum atomic E-state index is -1.47. The van der Waals surface area contributed by atoms with Crippen LogP contribution in [0.1, 0.15) is 19.8 Å². The SMILES string of the molecule is CCCC(=O)Nc1ccc(B(O)O)cc1. The fraction of sp³-hybridized carbons (Fsp3) is 0.300. The van der Waals surface area contributed by atoms with Crippen molar-refractivity contribution in [3.63, 3.8) is 0 Å². The maximum Gasteiger partial charge on any atom is 0.488 e. The van der Waals surface area contributed by atoms with E-state index >= 15 is 0 Å². The Morgan fingerprint density at radius 3 is 2.40 bits per heavy atom. The Hall–Kier alpha value is -1.33. The molecule has 1 aromatic carbocycles. The summed E-state index contributed by atoms with van der Waals surface area (Å²) in [5.41, 5.74) is 1.07. The van der Waals surface area contributed by atoms with Crippen molar-refractivity contribution >= 4 is 24.2 Å². The first-order chi connectivity index (χ1) is 7.13. The highest BCUT2D eigenvalue weighted by atomic mass is 16.4. The van der Waals surface area contributed by atoms with Crippen molar-refractivity contribution < 1.29 is 14.8 Å². The summed E-state index contributed by atoms with van der Waals surface area (Å²) in [5.74, 6) is -0.0326. The molecule has 0 aliphatic rings. The molecule has 0 saturated heterocycles. The fourth-order valence-corrected chi connectivity index (χ4v) is 1.19. The van der Waals surface area contributed by atoms with Gasteiger partial charge in [-0.2, -0.15) is 0 Å². The lowest BCUT2D eigenvalue weighted by Crippen LogP contribution is -2.29. The number of benzene rings is 1. The fourth-order valence-electron chi connectivity index (χ4n) is 1.19. The van der Waals surface area contributed by atoms with Gasteiger partial charge in [0.15, 0.2) is 0 Å². The lowest BCUT2D eigenvalue weighted by atomic mass is 9.80. The number of hydrogen-bond donors (Lipinski definition) is 3. The van der Waals surface area contributed by atoms with E-state index in [1.165, 1.54) is 0 Å². The van der Waals surface area contributed by atoms with Crippen molar-refractivity contribution in [2.75, 3.05) is 5.32 Å². The van der Waals surface area contributed by atoms with Gasteiger partial charge >= 0.3 is 7.12 Å². The van der Waals surface area contributed by atoms with E-state index in [1.54, 1.807) is 24.3 Å². The molecule has 80 valence electrons. The molecule has 0 aromatic heterocycles. The Kier molecular flexibility index (Phi) is 4.33. The van der Waals surface area contributed by atoms with E-state index in [9.17, 15) is 4.79 Å². The lowest BCUT2D eigenvalue weighted by molar-refractivity contribution is -0.116. The van der Waals surface area contributed by atoms with Crippen molar-refractivity contribution in [2.45, 2.75) is 19.8 Å². The minimum Gasteiger partial charge on any atom is -0.423 e. The van der Waals surface area contributed by atoms with Gasteiger partial charge in [0.25, 0.3) is 0 Å². The first kappa shape index (κ1) is 11.7. The molecule has 0 aliphatic heterocycles. The van der Waals surface area contributed by atoms with Crippen molar-refractivity contribution in [3.05, 3.63) is 24.3 Å². The van der Waals surface area contributed by atoms with Crippen LogP contribution in [0.15, 0.2) is 24.3 Å². The van der Waals surface area contributed by atoms with Gasteiger partial charge in [-0.1, -0.05) is 19.1 Å². The number of carbonyl (C=O) groups excluding carboxylic acids is 1. The van der Waals surface area contributed by atoms with Crippen LogP contribution in [0.2, 0.25) is 0 Å². The highest BCUT2D eigenvalue weighted by Crippen LogP contribution is 2.05. The zero-order chi connectivity index (χ0) is 11.3. The molecular formula is C10H14BNO3. The van der Waals surface area contributed by atoms with Crippen LogP contribution < -0.4 is 10.8 Å². The number of anilines is 1. The highest BCUT2D eigenvalue weighted by Gasteiger charge is 2.09. The van der Waals surface area contributed by atoms with Crippen LogP contribution in [0.3, 0.4) is 0 Å². The summed E-state index contributed by atoms with van der Waals surface area (Å²) in [5, 5.41) is 20.4. The normalized spacial score (nSPS) is 9.80. The quantitative estimate of drug-likeness (QED) is 0.613. The standard InChI is InChI=1S/C10H14BNO3/c1-2-3-10(13)12-9-6-4-8(5-7-9)11(14)15/h4-7,14-15H,2-3H2,1H3,(H,12,13). The van der Waals surface area contributed by atoms with E-state index < -0.39 is 7.12 Å². The van der Waals surface area contributed by atoms with E-state index in [-0.39, 0.29) is 5.91 Å². The molecule has 0 saturated carbocycles. The summed E-state index contributed by atoms with van der Waals surface area (Å²) in [6, 6.07) is 6.41. The third-order valence-electron chi connectivity index (χ3n) is 1.97. The zero-order valence-corrected chi connectivity index (χ0v) is 8.60. The van der Waals surface area contributed by atoms with E-state index in [2.05, 4.69) is 5.32 Å². The average Bonchev–Trinajstić information content (AvgIpc) is 2.18. The van der Waals surface area contributed by atoms with Crippen molar-refractivity contribution in [1.29, 1.82) is 0 Å². The van der Waals surface area contributed by atoms with E-state index in [1.807, 2.05) is 6.92 Å². The highest BCUT2D eigenvalue weighted by molar-refractivity contribution is 6.58. The molecule has 1 aromatic rings. The summed E-state index contributed by atoms with van der Waals surface area (Å²) in [6.07, 6.45) is 1.30. The number of carbonyl (C=O) groups is 1. The topological polar surface area (TPSA) is 69.6 Å². The Balaban J connectivity index is 2.60. The molecule has 5 heteroatoms. The van der Waals surface area contributed by atoms with Gasteiger partial charge in [-0.15, -0.1) is 0 Å². The van der Waals surface area contributed by atoms with Gasteiger partial charge in [0.1, 0.15) is 0 Å². The maximum atomic E-state index is 11.2. The maximum absolute atomic E-state index is 11.2. The van der Waals surface area contributed by atoms with Crippen molar-refractivity contribution in [3.8, 4) is 0 Å². The Morgan fingerprint density at radius 2 is 1.93 bits per heavy atom. The second kappa shape index (κ2) is 5.53. The largest absolute Gasteiger partial charge is 0.488 e. The van der Waals surface area contributed by atoms with E-state index in [4.69, 9.17) is 10.0 Å². The minimum absolute atomic E-state index is 0.0326. The lowest BCUT2D eigenvalue weighted by Gasteiger charge is -2.05. The van der Waals surface area contributed by atoms with E-state index in [0.29, 0.717) is 17.6 Å². The summed E-state index contributed by atoms with van der Waals surface area (Å²) < 4.78 is 0. The molecule has 0 aliphatic carbocycles. The first-order valence-corrected chi connectivity index (χ1v) is 4.89. The second-order valence-corrected chi connectivity index (χ2v) is 3.29. The molecule has 0 bridgehead atoms. The molecule has 0 spiro atoms. The third-order valence-corrected chi connectivity index (χ3v) is 1.97. The summed E-state index contributed by atoms with van der Waals surface area (Å²) >= 11 is 0. The van der Waals surface area contributed by atoms with Crippen LogP contribution in [-0.2, 0) is 4.79 Å². The van der Waals surface area contributed by atoms with Crippen molar-refractivity contribution in [1.82, 2.24) is 0 Å². The Labute approximate surface area is 89.1 Å². The van der Waals surface area contributed by atoms with Gasteiger partial charge in [0, 0.05) is 12.1 Å². The zero-order valence-electron chi connectivity index (χ0n) is 8.60. The van der Waals surface area contributed by atoms with Crippen LogP contribution >= 0.6 is 0 Å². The van der Waals surface area contributed by atoms with Crippen LogP contribution in [0.25, 0.3) is 0 Å². The third kappa shape index (κ3) is 3.73. The summed E-state index contributed by atoms with van der Waals surface area (Å²) in [4.78, 5) is 11.2. The van der Waals surface area contributed by atoms with Gasteiger partial charge < -0.3 is 15.4 Å². The monoisotopic (exact) mass is 207 g/mol. The summed E-state index contributed by atoms with van der Waals surface area (Å²) in [6.45, 7) is 1.94. The van der Waals surface area contributed by atoms with Gasteiger partial charge in [-0.25, -0.2) is 0 Å². The van der Waals surface area contributed by atoms with Gasteiger partial charge in [0.2, 0.25) is 5.91 Å². The second-order valence-electron chi connectivity index (χ2n) is 3.29. The van der Waals surface area contributed by atoms with Crippen LogP contribution in [-0.4, -0.2) is 23.1 Å². The van der Waals surface area contributed by atoms with Gasteiger partial charge in [-0.05, 0) is 24.0 Å². The predicted octanol–water partition coefficient (Wildman–Crippen LogP) is 0.105. The molecule has 0 radical (unpaired) electrons. The first-order valence-electron chi connectivity index (χ1n) is 4.89. The molecule has 1 rings (SSSR count). The molecule has 0 atom stereocenters. The van der Waals surface area contributed by atoms with Crippen LogP contribution in [0.4, 0.5) is 5.69 Å². The predicted molar refractivity (Wildman–Crippen MR) is 59.8 cm³/mol. The average molecular weight is 207 g/mol. The molecule has 4 nitrogen and oxygen atoms in total. The molecule has 0 unspecified atom stereocenters. The number of rotatable bonds is 4. The summed E-state index contributed by atoms with van der Waals surface area (Å²) in [7, 11) is -1.47. The van der Waals surface area contributed by atoms with Gasteiger partial charge in [-0.3, -0.25) is 4.79 Å². The molecule has 0 fully saturated rings. The molecular weight excluding hydrogens is 193 g/mol. The van der Waals surface area contributed by atoms with Crippen LogP contribution in [0.5, 0.6) is 0 Å². The molecule has 1 amide bonds. The molecule has 3 N–H and O–H groups in total. The Bertz CT molecular complexity index is 324. The van der Waals surface area contributed by atoms with Gasteiger partial charge in [0.05, 0.1) is 0 Å². The van der Waals surface area contributed by atoms with Crippen molar-refractivity contribution in [2.24, 2.45) is 0 Å².